The molecule has 1 unspecified atom stereocenters. The molecule has 1 atom stereocenters. The van der Waals surface area contributed by atoms with Crippen molar-refractivity contribution in [2.45, 2.75) is 52.3 Å². The van der Waals surface area contributed by atoms with E-state index >= 15 is 0 Å². The molecular formula is C20H24N6O2. The molecule has 0 fully saturated rings. The highest BCUT2D eigenvalue weighted by Crippen LogP contribution is 2.18. The number of fused-ring (bicyclic) bond motifs is 2. The third-order valence-electron chi connectivity index (χ3n) is 5.27. The van der Waals surface area contributed by atoms with Gasteiger partial charge in [-0.15, -0.1) is 10.2 Å². The van der Waals surface area contributed by atoms with Crippen molar-refractivity contribution < 1.29 is 9.53 Å². The quantitative estimate of drug-likeness (QED) is 0.745. The highest BCUT2D eigenvalue weighted by atomic mass is 16.5. The average Bonchev–Trinajstić information content (AvgIpc) is 2.94. The van der Waals surface area contributed by atoms with E-state index in [0.29, 0.717) is 12.2 Å². The molecule has 4 rings (SSSR count). The van der Waals surface area contributed by atoms with E-state index in [1.807, 2.05) is 32.0 Å². The van der Waals surface area contributed by atoms with Crippen molar-refractivity contribution in [3.8, 4) is 0 Å². The van der Waals surface area contributed by atoms with Crippen LogP contribution in [0.4, 0.5) is 0 Å². The van der Waals surface area contributed by atoms with Gasteiger partial charge in [-0.05, 0) is 44.9 Å². The second kappa shape index (κ2) is 7.63. The summed E-state index contributed by atoms with van der Waals surface area (Å²) >= 11 is 0. The van der Waals surface area contributed by atoms with Gasteiger partial charge < -0.3 is 14.6 Å². The lowest BCUT2D eigenvalue weighted by molar-refractivity contribution is 0.0933. The van der Waals surface area contributed by atoms with Crippen LogP contribution >= 0.6 is 0 Å². The molecule has 0 aliphatic carbocycles. The fraction of sp³-hybridized carbons (Fsp3) is 0.450. The van der Waals surface area contributed by atoms with Gasteiger partial charge in [0.1, 0.15) is 12.4 Å². The minimum Gasteiger partial charge on any atom is -0.377 e. The maximum Gasteiger partial charge on any atom is 0.251 e. The van der Waals surface area contributed by atoms with E-state index in [1.54, 1.807) is 7.11 Å². The van der Waals surface area contributed by atoms with E-state index in [0.717, 1.165) is 59.9 Å². The molecule has 0 saturated heterocycles. The number of hydrogen-bond donors (Lipinski definition) is 1. The number of carbonyl (C=O) groups is 1. The van der Waals surface area contributed by atoms with E-state index in [1.165, 1.54) is 0 Å². The van der Waals surface area contributed by atoms with Crippen LogP contribution in [0.1, 0.15) is 46.2 Å². The number of nitrogens with zero attached hydrogens (tertiary/aromatic N) is 5. The van der Waals surface area contributed by atoms with Crippen LogP contribution in [0.25, 0.3) is 11.0 Å². The Morgan fingerprint density at radius 3 is 2.75 bits per heavy atom. The van der Waals surface area contributed by atoms with Gasteiger partial charge in [0, 0.05) is 31.7 Å². The summed E-state index contributed by atoms with van der Waals surface area (Å²) in [4.78, 5) is 21.9. The van der Waals surface area contributed by atoms with Crippen LogP contribution in [0, 0.1) is 13.8 Å². The Hall–Kier alpha value is -2.87. The van der Waals surface area contributed by atoms with Crippen LogP contribution in [0.2, 0.25) is 0 Å². The van der Waals surface area contributed by atoms with Gasteiger partial charge in [0.05, 0.1) is 22.4 Å². The molecule has 1 aliphatic heterocycles. The summed E-state index contributed by atoms with van der Waals surface area (Å²) in [6, 6.07) is 5.57. The molecule has 2 aromatic heterocycles. The number of carbonyl (C=O) groups excluding carboxylic acids is 1. The van der Waals surface area contributed by atoms with Gasteiger partial charge in [-0.3, -0.25) is 4.79 Å². The maximum atomic E-state index is 12.8. The van der Waals surface area contributed by atoms with E-state index in [2.05, 4.69) is 30.0 Å². The molecule has 146 valence electrons. The highest BCUT2D eigenvalue weighted by molar-refractivity contribution is 5.97. The number of hydrogen-bond acceptors (Lipinski definition) is 6. The maximum absolute atomic E-state index is 12.8. The van der Waals surface area contributed by atoms with Crippen LogP contribution in [0.3, 0.4) is 0 Å². The summed E-state index contributed by atoms with van der Waals surface area (Å²) in [7, 11) is 1.65. The number of aromatic nitrogens is 5. The predicted molar refractivity (Wildman–Crippen MR) is 104 cm³/mol. The zero-order valence-corrected chi connectivity index (χ0v) is 16.4. The van der Waals surface area contributed by atoms with Crippen molar-refractivity contribution >= 4 is 16.9 Å². The molecule has 1 aliphatic rings. The summed E-state index contributed by atoms with van der Waals surface area (Å²) in [5, 5.41) is 11.6. The first-order valence-corrected chi connectivity index (χ1v) is 9.51. The van der Waals surface area contributed by atoms with Gasteiger partial charge in [-0.1, -0.05) is 0 Å². The van der Waals surface area contributed by atoms with Crippen molar-refractivity contribution in [3.63, 3.8) is 0 Å². The third kappa shape index (κ3) is 3.60. The molecule has 0 saturated carbocycles. The Morgan fingerprint density at radius 2 is 1.96 bits per heavy atom. The zero-order chi connectivity index (χ0) is 19.7. The average molecular weight is 380 g/mol. The number of aryl methyl sites for hydroxylation is 3. The van der Waals surface area contributed by atoms with Crippen molar-refractivity contribution in [2.24, 2.45) is 0 Å². The normalized spacial score (nSPS) is 16.6. The molecular weight excluding hydrogens is 356 g/mol. The lowest BCUT2D eigenvalue weighted by atomic mass is 10.1. The largest absolute Gasteiger partial charge is 0.377 e. The monoisotopic (exact) mass is 380 g/mol. The van der Waals surface area contributed by atoms with Gasteiger partial charge in [0.2, 0.25) is 0 Å². The van der Waals surface area contributed by atoms with E-state index in [4.69, 9.17) is 4.74 Å². The summed E-state index contributed by atoms with van der Waals surface area (Å²) in [5.41, 5.74) is 3.94. The first-order chi connectivity index (χ1) is 13.5. The summed E-state index contributed by atoms with van der Waals surface area (Å²) in [5.74, 6) is 1.71. The lowest BCUT2D eigenvalue weighted by Crippen LogP contribution is -2.35. The van der Waals surface area contributed by atoms with Crippen LogP contribution in [0.5, 0.6) is 0 Å². The van der Waals surface area contributed by atoms with Gasteiger partial charge in [-0.2, -0.15) is 0 Å². The highest BCUT2D eigenvalue weighted by Gasteiger charge is 2.22. The Balaban J connectivity index is 1.46. The fourth-order valence-corrected chi connectivity index (χ4v) is 3.57. The van der Waals surface area contributed by atoms with E-state index < -0.39 is 0 Å². The van der Waals surface area contributed by atoms with Crippen LogP contribution in [-0.4, -0.2) is 43.8 Å². The number of methoxy groups -OCH3 is 1. The molecule has 3 aromatic rings. The molecule has 28 heavy (non-hydrogen) atoms. The molecule has 1 amide bonds. The summed E-state index contributed by atoms with van der Waals surface area (Å²) < 4.78 is 7.29. The minimum atomic E-state index is -0.0818. The minimum absolute atomic E-state index is 0.0818. The van der Waals surface area contributed by atoms with Crippen LogP contribution in [0.15, 0.2) is 18.2 Å². The second-order valence-corrected chi connectivity index (χ2v) is 7.21. The molecule has 8 nitrogen and oxygen atoms in total. The van der Waals surface area contributed by atoms with E-state index in [-0.39, 0.29) is 11.9 Å². The van der Waals surface area contributed by atoms with Crippen molar-refractivity contribution in [1.29, 1.82) is 0 Å². The van der Waals surface area contributed by atoms with Crippen LogP contribution in [-0.2, 0) is 24.3 Å². The van der Waals surface area contributed by atoms with Gasteiger partial charge in [0.25, 0.3) is 5.91 Å². The van der Waals surface area contributed by atoms with E-state index in [9.17, 15) is 4.79 Å². The first kappa shape index (κ1) is 18.5. The molecule has 1 aromatic carbocycles. The van der Waals surface area contributed by atoms with Gasteiger partial charge >= 0.3 is 0 Å². The smallest absolute Gasteiger partial charge is 0.251 e. The third-order valence-corrected chi connectivity index (χ3v) is 5.27. The SMILES string of the molecule is COCc1nnc2n1CCC(NC(=O)c1ccc3nc(C)c(C)nc3c1)CC2. The Bertz CT molecular complexity index is 1030. The van der Waals surface area contributed by atoms with Crippen molar-refractivity contribution in [2.75, 3.05) is 7.11 Å². The molecule has 0 bridgehead atoms. The zero-order valence-electron chi connectivity index (χ0n) is 16.4. The first-order valence-electron chi connectivity index (χ1n) is 9.51. The molecule has 0 spiro atoms. The molecule has 0 radical (unpaired) electrons. The number of rotatable bonds is 4. The van der Waals surface area contributed by atoms with Crippen molar-refractivity contribution in [1.82, 2.24) is 30.0 Å². The Kier molecular flexibility index (Phi) is 5.04. The van der Waals surface area contributed by atoms with Crippen LogP contribution < -0.4 is 5.32 Å². The number of amides is 1. The number of nitrogens with one attached hydrogen (secondary N) is 1. The molecule has 8 heteroatoms. The summed E-state index contributed by atoms with van der Waals surface area (Å²) in [6.07, 6.45) is 2.45. The van der Waals surface area contributed by atoms with Gasteiger partial charge in [-0.25, -0.2) is 9.97 Å². The molecule has 1 N–H and O–H groups in total. The Labute approximate surface area is 163 Å². The topological polar surface area (TPSA) is 94.8 Å². The van der Waals surface area contributed by atoms with Gasteiger partial charge in [0.15, 0.2) is 5.82 Å². The second-order valence-electron chi connectivity index (χ2n) is 7.21. The van der Waals surface area contributed by atoms with Crippen molar-refractivity contribution in [3.05, 3.63) is 46.8 Å². The molecule has 3 heterocycles. The number of benzene rings is 1. The Morgan fingerprint density at radius 1 is 1.18 bits per heavy atom. The summed E-state index contributed by atoms with van der Waals surface area (Å²) in [6.45, 7) is 5.08. The number of ether oxygens (including phenoxy) is 1. The standard InChI is InChI=1S/C20H24N6O2/c1-12-13(2)22-17-10-14(4-6-16(17)21-12)20(27)23-15-5-7-18-24-25-19(11-28-3)26(18)9-8-15/h4,6,10,15H,5,7-9,11H2,1-3H3,(H,23,27). The fourth-order valence-electron chi connectivity index (χ4n) is 3.57. The lowest BCUT2D eigenvalue weighted by Gasteiger charge is -2.16. The predicted octanol–water partition coefficient (Wildman–Crippen LogP) is 2.12.